The number of nitrogens with zero attached hydrogens (tertiary/aromatic N) is 2. The largest absolute Gasteiger partial charge is 0.506 e. The van der Waals surface area contributed by atoms with Crippen LogP contribution in [0.25, 0.3) is 21.5 Å². The summed E-state index contributed by atoms with van der Waals surface area (Å²) in [4.78, 5) is 23.8. The highest BCUT2D eigenvalue weighted by atomic mass is 19.4. The molecule has 1 N–H and O–H groups in total. The number of esters is 2. The Morgan fingerprint density at radius 3 is 1.90 bits per heavy atom. The normalized spacial score (nSPS) is 10.6. The van der Waals surface area contributed by atoms with Gasteiger partial charge in [-0.05, 0) is 29.8 Å². The van der Waals surface area contributed by atoms with Crippen molar-refractivity contribution in [2.24, 2.45) is 0 Å². The number of alkyl halides is 3. The number of halogens is 3. The van der Waals surface area contributed by atoms with E-state index in [2.05, 4.69) is 4.74 Å². The van der Waals surface area contributed by atoms with Crippen LogP contribution in [-0.2, 0) is 9.47 Å². The van der Waals surface area contributed by atoms with Crippen LogP contribution in [0.4, 0.5) is 13.2 Å². The molecular formula is C29H21F3N2O6. The van der Waals surface area contributed by atoms with Gasteiger partial charge in [-0.3, -0.25) is 0 Å². The number of hydrogen-bond donors (Lipinski definition) is 1. The molecule has 0 unspecified atom stereocenters. The molecule has 0 saturated heterocycles. The molecule has 8 nitrogen and oxygen atoms in total. The predicted molar refractivity (Wildman–Crippen MR) is 138 cm³/mol. The van der Waals surface area contributed by atoms with Crippen LogP contribution in [0.3, 0.4) is 0 Å². The second-order valence-electron chi connectivity index (χ2n) is 8.06. The lowest BCUT2D eigenvalue weighted by molar-refractivity contribution is -0.153. The van der Waals surface area contributed by atoms with Crippen LogP contribution in [0.5, 0.6) is 11.5 Å². The Balaban J connectivity index is 0.000000230. The lowest BCUT2D eigenvalue weighted by Crippen LogP contribution is -2.21. The number of ether oxygens (including phenoxy) is 3. The number of aromatic hydroxyl groups is 1. The first-order valence-electron chi connectivity index (χ1n) is 11.6. The third-order valence-electron chi connectivity index (χ3n) is 5.51. The molecule has 0 saturated carbocycles. The standard InChI is InChI=1S/C16H12F3NO3.C13H9NO3/c1-2-22-15(21)13-12-6-4-3-5-10(12)7-11(8-20)14(13)23-9-16(17,18)19;1-17-13(16)11-10-5-3-2-4-8(10)6-9(7-14)12(11)15/h3-7H,2,9H2,1H3;2-6,15H,1H3. The van der Waals surface area contributed by atoms with Crippen molar-refractivity contribution in [2.45, 2.75) is 13.1 Å². The molecule has 0 aliphatic rings. The van der Waals surface area contributed by atoms with Crippen molar-refractivity contribution >= 4 is 33.5 Å². The molecule has 0 aromatic heterocycles. The summed E-state index contributed by atoms with van der Waals surface area (Å²) in [5.41, 5.74) is -0.243. The Morgan fingerprint density at radius 2 is 1.40 bits per heavy atom. The maximum absolute atomic E-state index is 12.4. The number of carbonyl (C=O) groups excluding carboxylic acids is 2. The van der Waals surface area contributed by atoms with Gasteiger partial charge < -0.3 is 19.3 Å². The van der Waals surface area contributed by atoms with E-state index in [1.165, 1.54) is 19.2 Å². The minimum Gasteiger partial charge on any atom is -0.506 e. The molecule has 0 bridgehead atoms. The molecule has 0 aliphatic carbocycles. The number of nitriles is 2. The zero-order valence-electron chi connectivity index (χ0n) is 21.2. The first kappa shape index (κ1) is 29.3. The van der Waals surface area contributed by atoms with E-state index in [0.29, 0.717) is 21.5 Å². The van der Waals surface area contributed by atoms with E-state index in [0.717, 1.165) is 0 Å². The topological polar surface area (TPSA) is 130 Å². The highest BCUT2D eigenvalue weighted by molar-refractivity contribution is 6.09. The number of fused-ring (bicyclic) bond motifs is 2. The average molecular weight is 550 g/mol. The summed E-state index contributed by atoms with van der Waals surface area (Å²) in [7, 11) is 1.23. The van der Waals surface area contributed by atoms with Crippen LogP contribution >= 0.6 is 0 Å². The van der Waals surface area contributed by atoms with Gasteiger partial charge in [-0.15, -0.1) is 0 Å². The second kappa shape index (κ2) is 12.5. The van der Waals surface area contributed by atoms with Crippen molar-refractivity contribution in [1.29, 1.82) is 10.5 Å². The van der Waals surface area contributed by atoms with E-state index >= 15 is 0 Å². The maximum atomic E-state index is 12.4. The van der Waals surface area contributed by atoms with Crippen LogP contribution < -0.4 is 4.74 Å². The van der Waals surface area contributed by atoms with Crippen molar-refractivity contribution in [2.75, 3.05) is 20.3 Å². The number of phenolic OH excluding ortho intramolecular Hbond substituents is 1. The number of benzene rings is 4. The highest BCUT2D eigenvalue weighted by Crippen LogP contribution is 2.34. The summed E-state index contributed by atoms with van der Waals surface area (Å²) in [6.07, 6.45) is -4.59. The second-order valence-corrected chi connectivity index (χ2v) is 8.06. The van der Waals surface area contributed by atoms with Gasteiger partial charge in [0.2, 0.25) is 0 Å². The van der Waals surface area contributed by atoms with Crippen molar-refractivity contribution < 1.29 is 42.1 Å². The van der Waals surface area contributed by atoms with Gasteiger partial charge in [-0.2, -0.15) is 23.7 Å². The third kappa shape index (κ3) is 6.40. The SMILES string of the molecule is CCOC(=O)c1c(OCC(F)(F)F)c(C#N)cc2ccccc12.COC(=O)c1c(O)c(C#N)cc2ccccc12. The van der Waals surface area contributed by atoms with E-state index in [1.807, 2.05) is 6.07 Å². The van der Waals surface area contributed by atoms with E-state index in [9.17, 15) is 33.1 Å². The van der Waals surface area contributed by atoms with Crippen molar-refractivity contribution in [1.82, 2.24) is 0 Å². The van der Waals surface area contributed by atoms with E-state index in [-0.39, 0.29) is 34.6 Å². The van der Waals surface area contributed by atoms with E-state index in [1.54, 1.807) is 61.5 Å². The van der Waals surface area contributed by atoms with Gasteiger partial charge >= 0.3 is 18.1 Å². The smallest absolute Gasteiger partial charge is 0.422 e. The number of rotatable bonds is 5. The van der Waals surface area contributed by atoms with Crippen LogP contribution in [-0.4, -0.2) is 43.5 Å². The molecule has 40 heavy (non-hydrogen) atoms. The Morgan fingerprint density at radius 1 is 0.875 bits per heavy atom. The fourth-order valence-corrected chi connectivity index (χ4v) is 3.85. The summed E-state index contributed by atoms with van der Waals surface area (Å²) in [6, 6.07) is 20.1. The molecule has 0 amide bonds. The molecule has 0 aliphatic heterocycles. The molecule has 0 fully saturated rings. The van der Waals surface area contributed by atoms with Gasteiger partial charge in [0.15, 0.2) is 12.4 Å². The van der Waals surface area contributed by atoms with Gasteiger partial charge in [0.1, 0.15) is 29.0 Å². The molecular weight excluding hydrogens is 529 g/mol. The summed E-state index contributed by atoms with van der Waals surface area (Å²) in [6.45, 7) is 0.0134. The third-order valence-corrected chi connectivity index (χ3v) is 5.51. The van der Waals surface area contributed by atoms with Crippen molar-refractivity contribution in [3.8, 4) is 23.6 Å². The van der Waals surface area contributed by atoms with Gasteiger partial charge in [0.25, 0.3) is 0 Å². The minimum absolute atomic E-state index is 0.0298. The lowest BCUT2D eigenvalue weighted by atomic mass is 9.99. The van der Waals surface area contributed by atoms with E-state index < -0.39 is 30.5 Å². The fourth-order valence-electron chi connectivity index (χ4n) is 3.85. The monoisotopic (exact) mass is 550 g/mol. The summed E-state index contributed by atoms with van der Waals surface area (Å²) < 4.78 is 51.6. The number of carbonyl (C=O) groups is 2. The minimum atomic E-state index is -4.59. The van der Waals surface area contributed by atoms with Gasteiger partial charge in [0, 0.05) is 10.8 Å². The molecule has 4 aromatic carbocycles. The van der Waals surface area contributed by atoms with Gasteiger partial charge in [-0.25, -0.2) is 9.59 Å². The first-order valence-corrected chi connectivity index (χ1v) is 11.6. The van der Waals surface area contributed by atoms with Gasteiger partial charge in [0.05, 0.1) is 24.8 Å². The fraction of sp³-hybridized carbons (Fsp3) is 0.172. The molecule has 11 heteroatoms. The first-order chi connectivity index (χ1) is 19.1. The Kier molecular flexibility index (Phi) is 9.15. The molecule has 0 radical (unpaired) electrons. The maximum Gasteiger partial charge on any atom is 0.422 e. The number of hydrogen-bond acceptors (Lipinski definition) is 8. The molecule has 0 spiro atoms. The van der Waals surface area contributed by atoms with Crippen molar-refractivity contribution in [3.63, 3.8) is 0 Å². The van der Waals surface area contributed by atoms with Crippen LogP contribution in [0.15, 0.2) is 60.7 Å². The number of phenols is 1. The Labute approximate surface area is 226 Å². The molecule has 0 heterocycles. The summed E-state index contributed by atoms with van der Waals surface area (Å²) in [5.74, 6) is -2.24. The zero-order chi connectivity index (χ0) is 29.4. The quantitative estimate of drug-likeness (QED) is 0.298. The Hall–Kier alpha value is -5.29. The highest BCUT2D eigenvalue weighted by Gasteiger charge is 2.31. The van der Waals surface area contributed by atoms with E-state index in [4.69, 9.17) is 14.7 Å². The Bertz CT molecular complexity index is 1670. The summed E-state index contributed by atoms with van der Waals surface area (Å²) >= 11 is 0. The number of methoxy groups -OCH3 is 1. The van der Waals surface area contributed by atoms with Crippen LogP contribution in [0.1, 0.15) is 38.8 Å². The van der Waals surface area contributed by atoms with Crippen LogP contribution in [0, 0.1) is 22.7 Å². The lowest BCUT2D eigenvalue weighted by Gasteiger charge is -2.16. The average Bonchev–Trinajstić information content (AvgIpc) is 2.94. The van der Waals surface area contributed by atoms with Crippen molar-refractivity contribution in [3.05, 3.63) is 82.9 Å². The zero-order valence-corrected chi connectivity index (χ0v) is 21.2. The molecule has 0 atom stereocenters. The predicted octanol–water partition coefficient (Wildman–Crippen LogP) is 6.03. The molecule has 4 rings (SSSR count). The molecule has 204 valence electrons. The van der Waals surface area contributed by atoms with Gasteiger partial charge in [-0.1, -0.05) is 48.5 Å². The summed E-state index contributed by atoms with van der Waals surface area (Å²) in [5, 5.41) is 30.1. The molecule has 4 aromatic rings. The van der Waals surface area contributed by atoms with Crippen LogP contribution in [0.2, 0.25) is 0 Å².